The standard InChI is InChI=1S/C23H24N2O2/c1-2-3-16-27-20-13-9-12-19(17-20)25-23(26)21-14-7-8-15-22(21)24-18-10-5-4-6-11-18/h4-15,17,24H,2-3,16H2,1H3,(H,25,26). The first-order valence-electron chi connectivity index (χ1n) is 9.21. The Morgan fingerprint density at radius 3 is 2.44 bits per heavy atom. The number of rotatable bonds is 8. The third-order valence-corrected chi connectivity index (χ3v) is 4.08. The van der Waals surface area contributed by atoms with Crippen LogP contribution in [0, 0.1) is 0 Å². The minimum absolute atomic E-state index is 0.167. The van der Waals surface area contributed by atoms with E-state index in [1.54, 1.807) is 0 Å². The average Bonchev–Trinajstić information content (AvgIpc) is 2.70. The van der Waals surface area contributed by atoms with Crippen LogP contribution in [0.5, 0.6) is 5.75 Å². The van der Waals surface area contributed by atoms with Crippen LogP contribution in [0.15, 0.2) is 78.9 Å². The number of unbranched alkanes of at least 4 members (excludes halogenated alkanes) is 1. The molecular weight excluding hydrogens is 336 g/mol. The summed E-state index contributed by atoms with van der Waals surface area (Å²) in [6.45, 7) is 2.80. The van der Waals surface area contributed by atoms with Crippen molar-refractivity contribution >= 4 is 23.0 Å². The molecule has 3 aromatic carbocycles. The highest BCUT2D eigenvalue weighted by Crippen LogP contribution is 2.23. The number of para-hydroxylation sites is 2. The number of ether oxygens (including phenoxy) is 1. The van der Waals surface area contributed by atoms with Crippen molar-refractivity contribution in [3.8, 4) is 5.75 Å². The predicted octanol–water partition coefficient (Wildman–Crippen LogP) is 5.86. The van der Waals surface area contributed by atoms with E-state index in [9.17, 15) is 4.79 Å². The molecule has 0 atom stereocenters. The van der Waals surface area contributed by atoms with Crippen molar-refractivity contribution < 1.29 is 9.53 Å². The van der Waals surface area contributed by atoms with E-state index in [0.29, 0.717) is 17.9 Å². The maximum atomic E-state index is 12.8. The molecule has 0 aromatic heterocycles. The lowest BCUT2D eigenvalue weighted by atomic mass is 10.1. The molecule has 0 heterocycles. The van der Waals surface area contributed by atoms with E-state index in [-0.39, 0.29) is 5.91 Å². The van der Waals surface area contributed by atoms with Gasteiger partial charge in [0.1, 0.15) is 5.75 Å². The van der Waals surface area contributed by atoms with Gasteiger partial charge in [-0.1, -0.05) is 49.7 Å². The topological polar surface area (TPSA) is 50.4 Å². The number of anilines is 3. The molecule has 0 radical (unpaired) electrons. The molecule has 3 rings (SSSR count). The number of hydrogen-bond acceptors (Lipinski definition) is 3. The number of nitrogens with one attached hydrogen (secondary N) is 2. The van der Waals surface area contributed by atoms with Gasteiger partial charge in [-0.05, 0) is 42.8 Å². The van der Waals surface area contributed by atoms with Crippen LogP contribution < -0.4 is 15.4 Å². The van der Waals surface area contributed by atoms with Crippen LogP contribution in [0.25, 0.3) is 0 Å². The first-order chi connectivity index (χ1) is 13.3. The summed E-state index contributed by atoms with van der Waals surface area (Å²) in [6.07, 6.45) is 2.09. The maximum Gasteiger partial charge on any atom is 0.257 e. The second kappa shape index (κ2) is 9.43. The molecular formula is C23H24N2O2. The number of hydrogen-bond donors (Lipinski definition) is 2. The van der Waals surface area contributed by atoms with Gasteiger partial charge in [0.15, 0.2) is 0 Å². The quantitative estimate of drug-likeness (QED) is 0.495. The molecule has 1 amide bonds. The van der Waals surface area contributed by atoms with Crippen molar-refractivity contribution in [3.63, 3.8) is 0 Å². The van der Waals surface area contributed by atoms with Gasteiger partial charge in [-0.25, -0.2) is 0 Å². The molecule has 0 aliphatic carbocycles. The summed E-state index contributed by atoms with van der Waals surface area (Å²) in [6, 6.07) is 24.7. The number of amides is 1. The van der Waals surface area contributed by atoms with Crippen LogP contribution in [-0.4, -0.2) is 12.5 Å². The summed E-state index contributed by atoms with van der Waals surface area (Å²) in [5.74, 6) is 0.594. The number of benzene rings is 3. The van der Waals surface area contributed by atoms with Gasteiger partial charge in [-0.2, -0.15) is 0 Å². The zero-order valence-corrected chi connectivity index (χ0v) is 15.4. The van der Waals surface area contributed by atoms with Crippen LogP contribution in [0.1, 0.15) is 30.1 Å². The van der Waals surface area contributed by atoms with Crippen molar-refractivity contribution in [2.75, 3.05) is 17.2 Å². The molecule has 4 heteroatoms. The highest BCUT2D eigenvalue weighted by Gasteiger charge is 2.12. The molecule has 0 saturated heterocycles. The zero-order valence-electron chi connectivity index (χ0n) is 15.4. The smallest absolute Gasteiger partial charge is 0.257 e. The summed E-state index contributed by atoms with van der Waals surface area (Å²) in [4.78, 5) is 12.8. The fraction of sp³-hybridized carbons (Fsp3) is 0.174. The van der Waals surface area contributed by atoms with Crippen LogP contribution in [0.3, 0.4) is 0 Å². The fourth-order valence-electron chi connectivity index (χ4n) is 2.66. The molecule has 3 aromatic rings. The van der Waals surface area contributed by atoms with Crippen molar-refractivity contribution in [2.45, 2.75) is 19.8 Å². The molecule has 0 unspecified atom stereocenters. The van der Waals surface area contributed by atoms with E-state index in [1.165, 1.54) is 0 Å². The largest absolute Gasteiger partial charge is 0.494 e. The van der Waals surface area contributed by atoms with Crippen LogP contribution in [0.4, 0.5) is 17.1 Å². The first-order valence-corrected chi connectivity index (χ1v) is 9.21. The molecule has 0 bridgehead atoms. The summed E-state index contributed by atoms with van der Waals surface area (Å²) < 4.78 is 5.71. The Hall–Kier alpha value is -3.27. The molecule has 0 fully saturated rings. The van der Waals surface area contributed by atoms with E-state index in [4.69, 9.17) is 4.74 Å². The molecule has 0 saturated carbocycles. The van der Waals surface area contributed by atoms with Gasteiger partial charge in [0.2, 0.25) is 0 Å². The molecule has 2 N–H and O–H groups in total. The van der Waals surface area contributed by atoms with Gasteiger partial charge in [0.05, 0.1) is 17.9 Å². The van der Waals surface area contributed by atoms with Gasteiger partial charge < -0.3 is 15.4 Å². The second-order valence-corrected chi connectivity index (χ2v) is 6.22. The second-order valence-electron chi connectivity index (χ2n) is 6.22. The van der Waals surface area contributed by atoms with E-state index in [0.717, 1.165) is 30.0 Å². The van der Waals surface area contributed by atoms with Crippen molar-refractivity contribution in [1.29, 1.82) is 0 Å². The highest BCUT2D eigenvalue weighted by molar-refractivity contribution is 6.08. The SMILES string of the molecule is CCCCOc1cccc(NC(=O)c2ccccc2Nc2ccccc2)c1. The third kappa shape index (κ3) is 5.35. The minimum Gasteiger partial charge on any atom is -0.494 e. The van der Waals surface area contributed by atoms with Crippen molar-refractivity contribution in [1.82, 2.24) is 0 Å². The first kappa shape index (κ1) is 18.5. The predicted molar refractivity (Wildman–Crippen MR) is 111 cm³/mol. The summed E-state index contributed by atoms with van der Waals surface area (Å²) >= 11 is 0. The molecule has 27 heavy (non-hydrogen) atoms. The minimum atomic E-state index is -0.167. The van der Waals surface area contributed by atoms with Gasteiger partial charge in [-0.3, -0.25) is 4.79 Å². The molecule has 138 valence electrons. The van der Waals surface area contributed by atoms with Crippen LogP contribution in [-0.2, 0) is 0 Å². The van der Waals surface area contributed by atoms with E-state index < -0.39 is 0 Å². The highest BCUT2D eigenvalue weighted by atomic mass is 16.5. The Balaban J connectivity index is 1.72. The monoisotopic (exact) mass is 360 g/mol. The third-order valence-electron chi connectivity index (χ3n) is 4.08. The number of carbonyl (C=O) groups is 1. The van der Waals surface area contributed by atoms with Gasteiger partial charge in [0.25, 0.3) is 5.91 Å². The Bertz CT molecular complexity index is 878. The van der Waals surface area contributed by atoms with Crippen molar-refractivity contribution in [3.05, 3.63) is 84.4 Å². The van der Waals surface area contributed by atoms with E-state index in [2.05, 4.69) is 17.6 Å². The average molecular weight is 360 g/mol. The molecule has 4 nitrogen and oxygen atoms in total. The Morgan fingerprint density at radius 1 is 0.889 bits per heavy atom. The van der Waals surface area contributed by atoms with E-state index >= 15 is 0 Å². The Morgan fingerprint density at radius 2 is 1.63 bits per heavy atom. The number of carbonyl (C=O) groups excluding carboxylic acids is 1. The maximum absolute atomic E-state index is 12.8. The van der Waals surface area contributed by atoms with Crippen molar-refractivity contribution in [2.24, 2.45) is 0 Å². The van der Waals surface area contributed by atoms with Crippen LogP contribution in [0.2, 0.25) is 0 Å². The van der Waals surface area contributed by atoms with Crippen LogP contribution >= 0.6 is 0 Å². The van der Waals surface area contributed by atoms with E-state index in [1.807, 2.05) is 78.9 Å². The molecule has 0 aliphatic rings. The summed E-state index contributed by atoms with van der Waals surface area (Å²) in [5.41, 5.74) is 2.99. The lowest BCUT2D eigenvalue weighted by Gasteiger charge is -2.13. The lowest BCUT2D eigenvalue weighted by Crippen LogP contribution is -2.14. The Kier molecular flexibility index (Phi) is 6.47. The molecule has 0 spiro atoms. The summed E-state index contributed by atoms with van der Waals surface area (Å²) in [7, 11) is 0. The zero-order chi connectivity index (χ0) is 18.9. The molecule has 0 aliphatic heterocycles. The fourth-order valence-corrected chi connectivity index (χ4v) is 2.66. The normalized spacial score (nSPS) is 10.3. The van der Waals surface area contributed by atoms with Gasteiger partial charge in [-0.15, -0.1) is 0 Å². The Labute approximate surface area is 160 Å². The van der Waals surface area contributed by atoms with Gasteiger partial charge in [0, 0.05) is 17.4 Å². The summed E-state index contributed by atoms with van der Waals surface area (Å²) in [5, 5.41) is 6.26. The van der Waals surface area contributed by atoms with Gasteiger partial charge >= 0.3 is 0 Å². The lowest BCUT2D eigenvalue weighted by molar-refractivity contribution is 0.102.